The molecule has 3 rings (SSSR count). The van der Waals surface area contributed by atoms with Crippen molar-refractivity contribution in [2.45, 2.75) is 46.8 Å². The van der Waals surface area contributed by atoms with Gasteiger partial charge in [-0.1, -0.05) is 0 Å². The van der Waals surface area contributed by atoms with Crippen LogP contribution in [0.3, 0.4) is 0 Å². The molecule has 0 bridgehead atoms. The van der Waals surface area contributed by atoms with Crippen LogP contribution in [0.25, 0.3) is 0 Å². The average molecular weight is 531 g/mol. The Morgan fingerprint density at radius 3 is 2.83 bits per heavy atom. The van der Waals surface area contributed by atoms with E-state index < -0.39 is 0 Å². The molecule has 30 heavy (non-hydrogen) atoms. The number of rotatable bonds is 8. The second-order valence-corrected chi connectivity index (χ2v) is 7.11. The van der Waals surface area contributed by atoms with Crippen LogP contribution in [0.5, 0.6) is 5.75 Å². The van der Waals surface area contributed by atoms with E-state index in [-0.39, 0.29) is 36.6 Å². The predicted octanol–water partition coefficient (Wildman–Crippen LogP) is 3.31. The Morgan fingerprint density at radius 2 is 2.10 bits per heavy atom. The summed E-state index contributed by atoms with van der Waals surface area (Å²) in [6, 6.07) is 5.08. The lowest BCUT2D eigenvalue weighted by Gasteiger charge is -2.21. The van der Waals surface area contributed by atoms with Gasteiger partial charge >= 0.3 is 0 Å². The number of aryl methyl sites for hydroxylation is 3. The predicted molar refractivity (Wildman–Crippen MR) is 126 cm³/mol. The molecule has 0 amide bonds. The Morgan fingerprint density at radius 1 is 1.27 bits per heavy atom. The van der Waals surface area contributed by atoms with Crippen LogP contribution in [0.2, 0.25) is 0 Å². The van der Waals surface area contributed by atoms with Gasteiger partial charge in [0.2, 0.25) is 0 Å². The molecule has 0 saturated heterocycles. The van der Waals surface area contributed by atoms with E-state index >= 15 is 0 Å². The van der Waals surface area contributed by atoms with E-state index in [1.54, 1.807) is 0 Å². The van der Waals surface area contributed by atoms with Gasteiger partial charge < -0.3 is 20.1 Å². The number of ether oxygens (including phenoxy) is 2. The molecule has 0 aliphatic carbocycles. The van der Waals surface area contributed by atoms with Crippen LogP contribution in [0, 0.1) is 19.7 Å². The lowest BCUT2D eigenvalue weighted by atomic mass is 10.1. The van der Waals surface area contributed by atoms with Crippen LogP contribution >= 0.6 is 24.0 Å². The standard InChI is InChI=1S/C21H30FN5O2.HI/c1-4-23-21(24-7-5-9-27-16(3)10-15(2)26-27)25-8-6-17-11-19(22)12-18-13-28-14-29-20(17)18;/h10-12H,4-9,13-14H2,1-3H3,(H2,23,24,25);1H. The zero-order valence-electron chi connectivity index (χ0n) is 17.8. The van der Waals surface area contributed by atoms with E-state index in [1.165, 1.54) is 17.8 Å². The highest BCUT2D eigenvalue weighted by atomic mass is 127. The first-order chi connectivity index (χ1) is 14.1. The van der Waals surface area contributed by atoms with Gasteiger partial charge in [0.15, 0.2) is 12.8 Å². The van der Waals surface area contributed by atoms with Crippen molar-refractivity contribution in [3.8, 4) is 5.75 Å². The van der Waals surface area contributed by atoms with Crippen LogP contribution < -0.4 is 15.4 Å². The molecule has 2 aromatic rings. The van der Waals surface area contributed by atoms with Crippen LogP contribution in [0.1, 0.15) is 35.9 Å². The molecule has 0 saturated carbocycles. The molecule has 1 aliphatic heterocycles. The topological polar surface area (TPSA) is 72.7 Å². The Bertz CT molecular complexity index is 856. The first-order valence-corrected chi connectivity index (χ1v) is 10.1. The van der Waals surface area contributed by atoms with E-state index in [0.29, 0.717) is 26.1 Å². The maximum Gasteiger partial charge on any atom is 0.191 e. The lowest BCUT2D eigenvalue weighted by Crippen LogP contribution is -2.38. The van der Waals surface area contributed by atoms with Crippen LogP contribution in [0.15, 0.2) is 23.2 Å². The maximum atomic E-state index is 13.9. The molecule has 0 atom stereocenters. The molecular formula is C21H31FIN5O2. The summed E-state index contributed by atoms with van der Waals surface area (Å²) in [5, 5.41) is 11.0. The second kappa shape index (κ2) is 12.1. The summed E-state index contributed by atoms with van der Waals surface area (Å²) in [7, 11) is 0. The lowest BCUT2D eigenvalue weighted by molar-refractivity contribution is -0.0172. The molecule has 1 aromatic heterocycles. The molecule has 0 fully saturated rings. The van der Waals surface area contributed by atoms with Crippen molar-refractivity contribution in [3.63, 3.8) is 0 Å². The first kappa shape index (κ1) is 24.4. The average Bonchev–Trinajstić information content (AvgIpc) is 3.02. The minimum atomic E-state index is -0.266. The molecule has 1 aliphatic rings. The van der Waals surface area contributed by atoms with E-state index in [2.05, 4.69) is 33.7 Å². The quantitative estimate of drug-likeness (QED) is 0.237. The molecule has 9 heteroatoms. The number of fused-ring (bicyclic) bond motifs is 1. The second-order valence-electron chi connectivity index (χ2n) is 7.11. The fourth-order valence-electron chi connectivity index (χ4n) is 3.41. The van der Waals surface area contributed by atoms with Gasteiger partial charge in [-0.2, -0.15) is 5.10 Å². The van der Waals surface area contributed by atoms with E-state index in [0.717, 1.165) is 48.0 Å². The zero-order chi connectivity index (χ0) is 20.6. The SMILES string of the molecule is CCNC(=NCCCn1nc(C)cc1C)NCCc1cc(F)cc2c1OCOC2.I. The first-order valence-electron chi connectivity index (χ1n) is 10.1. The van der Waals surface area contributed by atoms with Crippen molar-refractivity contribution in [1.29, 1.82) is 0 Å². The number of hydrogen-bond acceptors (Lipinski definition) is 4. The molecule has 1 aromatic carbocycles. The Labute approximate surface area is 194 Å². The largest absolute Gasteiger partial charge is 0.467 e. The van der Waals surface area contributed by atoms with E-state index in [4.69, 9.17) is 9.47 Å². The Hall–Kier alpha value is -1.88. The molecule has 2 N–H and O–H groups in total. The van der Waals surface area contributed by atoms with Crippen LogP contribution in [-0.4, -0.2) is 42.2 Å². The van der Waals surface area contributed by atoms with Crippen molar-refractivity contribution < 1.29 is 13.9 Å². The van der Waals surface area contributed by atoms with Gasteiger partial charge in [-0.3, -0.25) is 9.67 Å². The minimum absolute atomic E-state index is 0. The Kier molecular flexibility index (Phi) is 9.83. The number of aromatic nitrogens is 2. The molecule has 0 unspecified atom stereocenters. The van der Waals surface area contributed by atoms with Gasteiger partial charge in [0, 0.05) is 37.4 Å². The number of hydrogen-bond donors (Lipinski definition) is 2. The fraction of sp³-hybridized carbons (Fsp3) is 0.524. The van der Waals surface area contributed by atoms with Crippen molar-refractivity contribution in [1.82, 2.24) is 20.4 Å². The smallest absolute Gasteiger partial charge is 0.191 e. The van der Waals surface area contributed by atoms with E-state index in [9.17, 15) is 4.39 Å². The summed E-state index contributed by atoms with van der Waals surface area (Å²) in [6.45, 7) is 9.64. The Balaban J connectivity index is 0.00000320. The minimum Gasteiger partial charge on any atom is -0.467 e. The summed E-state index contributed by atoms with van der Waals surface area (Å²) < 4.78 is 26.7. The summed E-state index contributed by atoms with van der Waals surface area (Å²) in [4.78, 5) is 4.63. The van der Waals surface area contributed by atoms with Gasteiger partial charge in [0.05, 0.1) is 12.3 Å². The van der Waals surface area contributed by atoms with Crippen molar-refractivity contribution in [3.05, 3.63) is 46.5 Å². The fourth-order valence-corrected chi connectivity index (χ4v) is 3.41. The third-order valence-electron chi connectivity index (χ3n) is 4.68. The van der Waals surface area contributed by atoms with E-state index in [1.807, 2.05) is 18.5 Å². The van der Waals surface area contributed by atoms with Gasteiger partial charge in [0.1, 0.15) is 11.6 Å². The third-order valence-corrected chi connectivity index (χ3v) is 4.68. The molecule has 0 radical (unpaired) electrons. The molecule has 0 spiro atoms. The van der Waals surface area contributed by atoms with Gasteiger partial charge in [-0.25, -0.2) is 4.39 Å². The summed E-state index contributed by atoms with van der Waals surface area (Å²) >= 11 is 0. The third kappa shape index (κ3) is 6.83. The summed E-state index contributed by atoms with van der Waals surface area (Å²) in [5.74, 6) is 1.24. The number of guanidine groups is 1. The number of nitrogens with one attached hydrogen (secondary N) is 2. The molecular weight excluding hydrogens is 500 g/mol. The van der Waals surface area contributed by atoms with Crippen LogP contribution in [-0.2, 0) is 24.3 Å². The molecule has 2 heterocycles. The van der Waals surface area contributed by atoms with Gasteiger partial charge in [0.25, 0.3) is 0 Å². The van der Waals surface area contributed by atoms with Gasteiger partial charge in [-0.05, 0) is 57.4 Å². The normalized spacial score (nSPS) is 13.3. The zero-order valence-corrected chi connectivity index (χ0v) is 20.2. The molecule has 166 valence electrons. The highest BCUT2D eigenvalue weighted by molar-refractivity contribution is 14.0. The van der Waals surface area contributed by atoms with Gasteiger partial charge in [-0.15, -0.1) is 24.0 Å². The summed E-state index contributed by atoms with van der Waals surface area (Å²) in [6.07, 6.45) is 1.54. The van der Waals surface area contributed by atoms with Crippen molar-refractivity contribution in [2.24, 2.45) is 4.99 Å². The van der Waals surface area contributed by atoms with Crippen molar-refractivity contribution >= 4 is 29.9 Å². The summed E-state index contributed by atoms with van der Waals surface area (Å²) in [5.41, 5.74) is 3.81. The monoisotopic (exact) mass is 531 g/mol. The maximum absolute atomic E-state index is 13.9. The molecule has 7 nitrogen and oxygen atoms in total. The number of nitrogens with zero attached hydrogens (tertiary/aromatic N) is 3. The number of aliphatic imine (C=N–C) groups is 1. The van der Waals surface area contributed by atoms with Crippen molar-refractivity contribution in [2.75, 3.05) is 26.4 Å². The van der Waals surface area contributed by atoms with Crippen LogP contribution in [0.4, 0.5) is 4.39 Å². The highest BCUT2D eigenvalue weighted by Gasteiger charge is 2.16. The number of halogens is 2. The number of benzene rings is 1. The highest BCUT2D eigenvalue weighted by Crippen LogP contribution is 2.29.